The molecule has 0 spiro atoms. The lowest BCUT2D eigenvalue weighted by Crippen LogP contribution is -2.21. The van der Waals surface area contributed by atoms with Gasteiger partial charge in [0.05, 0.1) is 0 Å². The first-order valence-corrected chi connectivity index (χ1v) is 5.84. The van der Waals surface area contributed by atoms with Crippen LogP contribution in [-0.4, -0.2) is 7.05 Å². The first-order valence-electron chi connectivity index (χ1n) is 5.84. The fourth-order valence-electron chi connectivity index (χ4n) is 1.62. The highest BCUT2D eigenvalue weighted by molar-refractivity contribution is 5.13. The molecular formula is C14H27N. The van der Waals surface area contributed by atoms with Gasteiger partial charge in [-0.05, 0) is 29.9 Å². The first kappa shape index (κ1) is 14.3. The van der Waals surface area contributed by atoms with E-state index in [-0.39, 0.29) is 5.41 Å². The highest BCUT2D eigenvalue weighted by atomic mass is 14.8. The molecule has 0 saturated carbocycles. The number of allylic oxidation sites excluding steroid dienone is 2. The van der Waals surface area contributed by atoms with E-state index >= 15 is 0 Å². The van der Waals surface area contributed by atoms with E-state index in [1.165, 1.54) is 5.57 Å². The van der Waals surface area contributed by atoms with Gasteiger partial charge >= 0.3 is 0 Å². The van der Waals surface area contributed by atoms with E-state index < -0.39 is 0 Å². The second-order valence-corrected chi connectivity index (χ2v) is 5.34. The average Bonchev–Trinajstić information content (AvgIpc) is 2.15. The van der Waals surface area contributed by atoms with Gasteiger partial charge in [0, 0.05) is 7.05 Å². The minimum Gasteiger partial charge on any atom is -0.394 e. The molecule has 0 aromatic rings. The van der Waals surface area contributed by atoms with Crippen molar-refractivity contribution < 1.29 is 0 Å². The summed E-state index contributed by atoms with van der Waals surface area (Å²) in [6.07, 6.45) is 5.22. The Balaban J connectivity index is 4.44. The summed E-state index contributed by atoms with van der Waals surface area (Å²) in [7, 11) is 1.93. The molecule has 0 saturated heterocycles. The van der Waals surface area contributed by atoms with Crippen LogP contribution in [0.3, 0.4) is 0 Å². The van der Waals surface area contributed by atoms with Gasteiger partial charge in [-0.1, -0.05) is 52.8 Å². The van der Waals surface area contributed by atoms with Crippen LogP contribution in [-0.2, 0) is 0 Å². The molecule has 0 fully saturated rings. The summed E-state index contributed by atoms with van der Waals surface area (Å²) in [5, 5.41) is 3.02. The van der Waals surface area contributed by atoms with E-state index in [0.29, 0.717) is 11.8 Å². The molecule has 0 aromatic carbocycles. The van der Waals surface area contributed by atoms with Gasteiger partial charge in [-0.25, -0.2) is 0 Å². The van der Waals surface area contributed by atoms with Crippen molar-refractivity contribution in [2.75, 3.05) is 7.05 Å². The lowest BCUT2D eigenvalue weighted by Gasteiger charge is -2.32. The van der Waals surface area contributed by atoms with Crippen LogP contribution in [0.5, 0.6) is 0 Å². The van der Waals surface area contributed by atoms with Crippen molar-refractivity contribution in [1.29, 1.82) is 0 Å². The lowest BCUT2D eigenvalue weighted by molar-refractivity contribution is 0.353. The molecule has 1 nitrogen and oxygen atoms in total. The Morgan fingerprint density at radius 3 is 2.27 bits per heavy atom. The maximum absolute atomic E-state index is 4.27. The first-order chi connectivity index (χ1) is 6.83. The highest BCUT2D eigenvalue weighted by Crippen LogP contribution is 2.37. The molecule has 0 heterocycles. The molecule has 0 aromatic heterocycles. The molecule has 0 aliphatic rings. The van der Waals surface area contributed by atoms with Crippen LogP contribution in [0.25, 0.3) is 0 Å². The van der Waals surface area contributed by atoms with Gasteiger partial charge < -0.3 is 5.32 Å². The molecule has 0 amide bonds. The minimum atomic E-state index is 0.192. The molecule has 0 bridgehead atoms. The van der Waals surface area contributed by atoms with Crippen LogP contribution in [0.2, 0.25) is 0 Å². The van der Waals surface area contributed by atoms with Crippen LogP contribution in [0, 0.1) is 17.3 Å². The molecule has 0 rings (SSSR count). The van der Waals surface area contributed by atoms with Gasteiger partial charge in [0.2, 0.25) is 0 Å². The quantitative estimate of drug-likeness (QED) is 0.652. The van der Waals surface area contributed by atoms with Crippen LogP contribution in [0.15, 0.2) is 24.4 Å². The Kier molecular flexibility index (Phi) is 5.71. The third kappa shape index (κ3) is 4.55. The van der Waals surface area contributed by atoms with Crippen LogP contribution in [0.1, 0.15) is 41.0 Å². The van der Waals surface area contributed by atoms with Crippen molar-refractivity contribution in [3.8, 4) is 0 Å². The Hall–Kier alpha value is -0.720. The van der Waals surface area contributed by atoms with E-state index in [0.717, 1.165) is 6.42 Å². The summed E-state index contributed by atoms with van der Waals surface area (Å²) in [5.74, 6) is 1.26. The second kappa shape index (κ2) is 5.99. The lowest BCUT2D eigenvalue weighted by atomic mass is 9.73. The highest BCUT2D eigenvalue weighted by Gasteiger charge is 2.25. The zero-order valence-corrected chi connectivity index (χ0v) is 11.2. The van der Waals surface area contributed by atoms with Gasteiger partial charge in [-0.3, -0.25) is 0 Å². The van der Waals surface area contributed by atoms with Gasteiger partial charge in [0.25, 0.3) is 0 Å². The van der Waals surface area contributed by atoms with Gasteiger partial charge in [0.15, 0.2) is 0 Å². The minimum absolute atomic E-state index is 0.192. The summed E-state index contributed by atoms with van der Waals surface area (Å²) >= 11 is 0. The molecule has 0 radical (unpaired) electrons. The third-order valence-corrected chi connectivity index (χ3v) is 3.33. The molecule has 15 heavy (non-hydrogen) atoms. The van der Waals surface area contributed by atoms with E-state index in [1.807, 2.05) is 13.2 Å². The van der Waals surface area contributed by atoms with E-state index in [9.17, 15) is 0 Å². The average molecular weight is 209 g/mol. The largest absolute Gasteiger partial charge is 0.394 e. The normalized spacial score (nSPS) is 14.6. The summed E-state index contributed by atoms with van der Waals surface area (Å²) in [6, 6.07) is 0. The standard InChI is InChI=1S/C14H27N/c1-11(2)12(3)13(4)14(5,6)9-8-10-15-7/h8,10-12,15H,4,9H2,1-3,5-7H3/b10-8-. The van der Waals surface area contributed by atoms with Crippen molar-refractivity contribution in [2.24, 2.45) is 17.3 Å². The van der Waals surface area contributed by atoms with Gasteiger partial charge in [-0.2, -0.15) is 0 Å². The molecule has 0 aliphatic heterocycles. The van der Waals surface area contributed by atoms with E-state index in [2.05, 4.69) is 52.6 Å². The second-order valence-electron chi connectivity index (χ2n) is 5.34. The van der Waals surface area contributed by atoms with Crippen LogP contribution in [0.4, 0.5) is 0 Å². The molecule has 0 aliphatic carbocycles. The van der Waals surface area contributed by atoms with Crippen molar-refractivity contribution in [3.05, 3.63) is 24.4 Å². The predicted octanol–water partition coefficient (Wildman–Crippen LogP) is 3.98. The van der Waals surface area contributed by atoms with E-state index in [1.54, 1.807) is 0 Å². The topological polar surface area (TPSA) is 12.0 Å². The van der Waals surface area contributed by atoms with Gasteiger partial charge in [0.1, 0.15) is 0 Å². The van der Waals surface area contributed by atoms with E-state index in [4.69, 9.17) is 0 Å². The Labute approximate surface area is 95.7 Å². The van der Waals surface area contributed by atoms with Crippen molar-refractivity contribution in [2.45, 2.75) is 41.0 Å². The number of rotatable bonds is 6. The molecule has 88 valence electrons. The third-order valence-electron chi connectivity index (χ3n) is 3.33. The summed E-state index contributed by atoms with van der Waals surface area (Å²) in [6.45, 7) is 15.6. The smallest absolute Gasteiger partial charge is 0.00276 e. The Morgan fingerprint density at radius 1 is 1.33 bits per heavy atom. The molecule has 1 heteroatoms. The fourth-order valence-corrected chi connectivity index (χ4v) is 1.62. The molecule has 1 N–H and O–H groups in total. The van der Waals surface area contributed by atoms with Crippen molar-refractivity contribution in [1.82, 2.24) is 5.32 Å². The zero-order valence-electron chi connectivity index (χ0n) is 11.2. The molecule has 1 unspecified atom stereocenters. The molecular weight excluding hydrogens is 182 g/mol. The number of hydrogen-bond donors (Lipinski definition) is 1. The predicted molar refractivity (Wildman–Crippen MR) is 69.7 cm³/mol. The number of hydrogen-bond acceptors (Lipinski definition) is 1. The SMILES string of the molecule is C=C(C(C)C(C)C)C(C)(C)C/C=C\NC. The Morgan fingerprint density at radius 2 is 1.87 bits per heavy atom. The Bertz CT molecular complexity index is 223. The van der Waals surface area contributed by atoms with Crippen LogP contribution >= 0.6 is 0 Å². The van der Waals surface area contributed by atoms with Gasteiger partial charge in [-0.15, -0.1) is 0 Å². The van der Waals surface area contributed by atoms with Crippen molar-refractivity contribution >= 4 is 0 Å². The summed E-state index contributed by atoms with van der Waals surface area (Å²) in [4.78, 5) is 0. The maximum atomic E-state index is 4.27. The fraction of sp³-hybridized carbons (Fsp3) is 0.714. The van der Waals surface area contributed by atoms with Crippen LogP contribution < -0.4 is 5.32 Å². The summed E-state index contributed by atoms with van der Waals surface area (Å²) < 4.78 is 0. The van der Waals surface area contributed by atoms with Crippen molar-refractivity contribution in [3.63, 3.8) is 0 Å². The monoisotopic (exact) mass is 209 g/mol. The number of nitrogens with one attached hydrogen (secondary N) is 1. The molecule has 1 atom stereocenters. The summed E-state index contributed by atoms with van der Waals surface area (Å²) in [5.41, 5.74) is 1.55. The zero-order chi connectivity index (χ0) is 12.1. The maximum Gasteiger partial charge on any atom is 0.00276 e.